The van der Waals surface area contributed by atoms with Crippen molar-refractivity contribution in [3.63, 3.8) is 0 Å². The Morgan fingerprint density at radius 2 is 1.67 bits per heavy atom. The number of nitrogens with zero attached hydrogens (tertiary/aromatic N) is 1. The Labute approximate surface area is 247 Å². The second-order valence-corrected chi connectivity index (χ2v) is 11.0. The van der Waals surface area contributed by atoms with Crippen LogP contribution in [-0.2, 0) is 22.4 Å². The molecule has 1 fully saturated rings. The highest BCUT2D eigenvalue weighted by Crippen LogP contribution is 2.49. The predicted octanol–water partition coefficient (Wildman–Crippen LogP) is 6.12. The summed E-state index contributed by atoms with van der Waals surface area (Å²) < 4.78 is 17.0. The van der Waals surface area contributed by atoms with Crippen LogP contribution in [0.2, 0.25) is 0 Å². The number of rotatable bonds is 11. The zero-order valence-electron chi connectivity index (χ0n) is 24.8. The van der Waals surface area contributed by atoms with E-state index in [-0.39, 0.29) is 25.2 Å². The van der Waals surface area contributed by atoms with Crippen molar-refractivity contribution in [2.75, 3.05) is 31.8 Å². The van der Waals surface area contributed by atoms with Gasteiger partial charge in [0.2, 0.25) is 12.7 Å². The Kier molecular flexibility index (Phi) is 9.02. The minimum absolute atomic E-state index is 0.0594. The van der Waals surface area contributed by atoms with Crippen molar-refractivity contribution in [2.24, 2.45) is 5.92 Å². The molecule has 8 heteroatoms. The molecule has 1 amide bonds. The van der Waals surface area contributed by atoms with Crippen molar-refractivity contribution in [3.05, 3.63) is 82.4 Å². The van der Waals surface area contributed by atoms with Crippen LogP contribution in [0.15, 0.2) is 54.6 Å². The van der Waals surface area contributed by atoms with Crippen molar-refractivity contribution in [1.82, 2.24) is 4.90 Å². The number of para-hydroxylation sites is 1. The molecular weight excluding hydrogens is 532 g/mol. The van der Waals surface area contributed by atoms with Crippen LogP contribution >= 0.6 is 0 Å². The lowest BCUT2D eigenvalue weighted by Crippen LogP contribution is -2.35. The lowest BCUT2D eigenvalue weighted by Gasteiger charge is -2.27. The number of nitrogens with one attached hydrogen (secondary N) is 1. The number of carboxylic acids is 1. The van der Waals surface area contributed by atoms with Gasteiger partial charge >= 0.3 is 5.97 Å². The third kappa shape index (κ3) is 5.95. The number of carboxylic acid groups (broad SMARTS) is 1. The highest BCUT2D eigenvalue weighted by atomic mass is 16.7. The first-order chi connectivity index (χ1) is 20.3. The molecule has 8 nitrogen and oxygen atoms in total. The van der Waals surface area contributed by atoms with Gasteiger partial charge in [0.05, 0.1) is 19.1 Å². The largest absolute Gasteiger partial charge is 0.494 e. The maximum atomic E-state index is 13.6. The zero-order chi connectivity index (χ0) is 29.8. The second kappa shape index (κ2) is 12.9. The lowest BCUT2D eigenvalue weighted by molar-refractivity contribution is -0.143. The van der Waals surface area contributed by atoms with Gasteiger partial charge in [-0.2, -0.15) is 0 Å². The van der Waals surface area contributed by atoms with E-state index in [1.54, 1.807) is 0 Å². The summed E-state index contributed by atoms with van der Waals surface area (Å²) in [5.74, 6) is -0.188. The number of benzene rings is 3. The van der Waals surface area contributed by atoms with Crippen molar-refractivity contribution >= 4 is 17.6 Å². The summed E-state index contributed by atoms with van der Waals surface area (Å²) in [6.07, 6.45) is 2.50. The Morgan fingerprint density at radius 1 is 1.00 bits per heavy atom. The summed E-state index contributed by atoms with van der Waals surface area (Å²) in [5, 5.41) is 13.8. The monoisotopic (exact) mass is 572 g/mol. The first-order valence-electron chi connectivity index (χ1n) is 14.8. The van der Waals surface area contributed by atoms with Crippen molar-refractivity contribution in [2.45, 2.75) is 58.9 Å². The fourth-order valence-corrected chi connectivity index (χ4v) is 6.31. The van der Waals surface area contributed by atoms with Crippen LogP contribution in [-0.4, -0.2) is 48.4 Å². The van der Waals surface area contributed by atoms with Crippen LogP contribution in [0.25, 0.3) is 0 Å². The maximum Gasteiger partial charge on any atom is 0.309 e. The van der Waals surface area contributed by atoms with Crippen LogP contribution in [0.4, 0.5) is 5.69 Å². The highest BCUT2D eigenvalue weighted by Gasteiger charge is 2.48. The summed E-state index contributed by atoms with van der Waals surface area (Å²) in [7, 11) is 0. The first-order valence-corrected chi connectivity index (χ1v) is 14.8. The van der Waals surface area contributed by atoms with Crippen LogP contribution < -0.4 is 19.5 Å². The molecule has 0 saturated carbocycles. The number of hydrogen-bond acceptors (Lipinski definition) is 6. The molecule has 2 N–H and O–H groups in total. The number of aliphatic carboxylic acids is 1. The van der Waals surface area contributed by atoms with Gasteiger partial charge in [0, 0.05) is 24.2 Å². The standard InChI is InChI=1S/C34H40N2O6/c1-5-15-40-25-13-11-24(12-14-25)33-31(34(38)39)27(26-17-29-28(16-21(26)4)41-20-42-29)18-36(33)19-30(37)35-32-22(6-2)9-8-10-23(32)7-3/h8-14,16-17,27,31,33H,5-7,15,18-20H2,1-4H3,(H,35,37)(H,38,39)/t27-,31?,33+/m1/s1. The molecule has 2 aliphatic rings. The summed E-state index contributed by atoms with van der Waals surface area (Å²) in [6.45, 7) is 9.38. The average Bonchev–Trinajstić information content (AvgIpc) is 3.60. The van der Waals surface area contributed by atoms with Gasteiger partial charge in [0.15, 0.2) is 11.5 Å². The van der Waals surface area contributed by atoms with E-state index in [1.807, 2.05) is 73.3 Å². The molecule has 0 aromatic heterocycles. The van der Waals surface area contributed by atoms with Crippen LogP contribution in [0.1, 0.15) is 67.0 Å². The number of amides is 1. The number of carbonyl (C=O) groups is 2. The SMILES string of the molecule is CCCOc1ccc([C@H]2C(C(=O)O)[C@@H](c3cc4c(cc3C)OCO4)CN2CC(=O)Nc2c(CC)cccc2CC)cc1. The molecule has 0 radical (unpaired) electrons. The Bertz CT molecular complexity index is 1410. The zero-order valence-corrected chi connectivity index (χ0v) is 24.8. The molecule has 222 valence electrons. The van der Waals surface area contributed by atoms with Crippen molar-refractivity contribution < 1.29 is 28.9 Å². The Balaban J connectivity index is 1.50. The van der Waals surface area contributed by atoms with E-state index >= 15 is 0 Å². The maximum absolute atomic E-state index is 13.6. The minimum atomic E-state index is -0.902. The molecule has 2 heterocycles. The van der Waals surface area contributed by atoms with E-state index in [0.717, 1.165) is 58.5 Å². The molecular formula is C34H40N2O6. The number of ether oxygens (including phenoxy) is 3. The normalized spacial score (nSPS) is 19.6. The number of fused-ring (bicyclic) bond motifs is 1. The Morgan fingerprint density at radius 3 is 2.29 bits per heavy atom. The lowest BCUT2D eigenvalue weighted by atomic mass is 9.81. The van der Waals surface area contributed by atoms with E-state index in [4.69, 9.17) is 14.2 Å². The van der Waals surface area contributed by atoms with Gasteiger partial charge in [-0.1, -0.05) is 51.1 Å². The molecule has 5 rings (SSSR count). The second-order valence-electron chi connectivity index (χ2n) is 11.0. The minimum Gasteiger partial charge on any atom is -0.494 e. The van der Waals surface area contributed by atoms with Gasteiger partial charge in [-0.25, -0.2) is 0 Å². The van der Waals surface area contributed by atoms with Crippen LogP contribution in [0.5, 0.6) is 17.2 Å². The molecule has 0 spiro atoms. The van der Waals surface area contributed by atoms with Gasteiger partial charge in [-0.3, -0.25) is 14.5 Å². The van der Waals surface area contributed by atoms with Gasteiger partial charge in [-0.05, 0) is 78.3 Å². The third-order valence-corrected chi connectivity index (χ3v) is 8.35. The quantitative estimate of drug-likeness (QED) is 0.286. The summed E-state index contributed by atoms with van der Waals surface area (Å²) in [5.41, 5.74) is 5.70. The molecule has 3 aromatic carbocycles. The molecule has 3 aromatic rings. The van der Waals surface area contributed by atoms with Gasteiger partial charge < -0.3 is 24.6 Å². The van der Waals surface area contributed by atoms with Gasteiger partial charge in [0.25, 0.3) is 0 Å². The number of carbonyl (C=O) groups excluding carboxylic acids is 1. The van der Waals surface area contributed by atoms with E-state index < -0.39 is 17.9 Å². The van der Waals surface area contributed by atoms with E-state index in [9.17, 15) is 14.7 Å². The Hall–Kier alpha value is -4.04. The van der Waals surface area contributed by atoms with Crippen LogP contribution in [0.3, 0.4) is 0 Å². The number of anilines is 1. The summed E-state index contributed by atoms with van der Waals surface area (Å²) in [4.78, 5) is 28.6. The van der Waals surface area contributed by atoms with Gasteiger partial charge in [0.1, 0.15) is 5.75 Å². The molecule has 3 atom stereocenters. The first kappa shape index (κ1) is 29.5. The van der Waals surface area contributed by atoms with Gasteiger partial charge in [-0.15, -0.1) is 0 Å². The predicted molar refractivity (Wildman–Crippen MR) is 162 cm³/mol. The van der Waals surface area contributed by atoms with Crippen LogP contribution in [0, 0.1) is 12.8 Å². The molecule has 1 saturated heterocycles. The molecule has 0 bridgehead atoms. The summed E-state index contributed by atoms with van der Waals surface area (Å²) in [6, 6.07) is 17.0. The van der Waals surface area contributed by atoms with Crippen molar-refractivity contribution in [1.29, 1.82) is 0 Å². The number of likely N-dealkylation sites (tertiary alicyclic amines) is 1. The fraction of sp³-hybridized carbons (Fsp3) is 0.412. The molecule has 2 aliphatic heterocycles. The molecule has 1 unspecified atom stereocenters. The highest BCUT2D eigenvalue weighted by molar-refractivity contribution is 5.94. The molecule has 42 heavy (non-hydrogen) atoms. The number of hydrogen-bond donors (Lipinski definition) is 2. The topological polar surface area (TPSA) is 97.3 Å². The fourth-order valence-electron chi connectivity index (χ4n) is 6.31. The molecule has 0 aliphatic carbocycles. The number of aryl methyl sites for hydroxylation is 3. The van der Waals surface area contributed by atoms with E-state index in [0.29, 0.717) is 24.7 Å². The van der Waals surface area contributed by atoms with E-state index in [1.165, 1.54) is 0 Å². The van der Waals surface area contributed by atoms with Crippen molar-refractivity contribution in [3.8, 4) is 17.2 Å². The summed E-state index contributed by atoms with van der Waals surface area (Å²) >= 11 is 0. The average molecular weight is 573 g/mol. The third-order valence-electron chi connectivity index (χ3n) is 8.35. The smallest absolute Gasteiger partial charge is 0.309 e. The van der Waals surface area contributed by atoms with E-state index in [2.05, 4.69) is 19.2 Å².